The van der Waals surface area contributed by atoms with Gasteiger partial charge in [0.05, 0.1) is 16.5 Å². The summed E-state index contributed by atoms with van der Waals surface area (Å²) in [6, 6.07) is -1.14. The second-order valence-corrected chi connectivity index (χ2v) is 7.37. The van der Waals surface area contributed by atoms with Crippen LogP contribution in [0.3, 0.4) is 0 Å². The summed E-state index contributed by atoms with van der Waals surface area (Å²) in [6.45, 7) is 4.19. The lowest BCUT2D eigenvalue weighted by Gasteiger charge is -2.47. The molecular weight excluding hydrogens is 427 g/mol. The van der Waals surface area contributed by atoms with E-state index in [-0.39, 0.29) is 0 Å². The zero-order valence-electron chi connectivity index (χ0n) is 11.3. The van der Waals surface area contributed by atoms with Crippen LogP contribution in [0, 0.1) is 0 Å². The van der Waals surface area contributed by atoms with Crippen LogP contribution in [-0.2, 0) is 19.1 Å². The summed E-state index contributed by atoms with van der Waals surface area (Å²) in [7, 11) is 0. The monoisotopic (exact) mass is 439 g/mol. The van der Waals surface area contributed by atoms with E-state index in [0.717, 1.165) is 6.92 Å². The first-order valence-electron chi connectivity index (χ1n) is 5.90. The average Bonchev–Trinajstić information content (AvgIpc) is 2.29. The Bertz CT molecular complexity index is 430. The molecule has 1 fully saturated rings. The number of alkyl halides is 5. The summed E-state index contributed by atoms with van der Waals surface area (Å²) < 4.78 is 46.8. The molecule has 0 radical (unpaired) electrons. The third-order valence-electron chi connectivity index (χ3n) is 3.02. The van der Waals surface area contributed by atoms with E-state index in [9.17, 15) is 22.8 Å². The Kier molecular flexibility index (Phi) is 5.71. The van der Waals surface area contributed by atoms with E-state index >= 15 is 0 Å². The maximum absolute atomic E-state index is 12.5. The summed E-state index contributed by atoms with van der Waals surface area (Å²) in [6.07, 6.45) is -6.80. The van der Waals surface area contributed by atoms with Crippen molar-refractivity contribution in [2.24, 2.45) is 0 Å². The van der Waals surface area contributed by atoms with Gasteiger partial charge in [-0.05, 0) is 13.8 Å². The van der Waals surface area contributed by atoms with Crippen molar-refractivity contribution in [3.63, 3.8) is 0 Å². The lowest BCUT2D eigenvalue weighted by atomic mass is 9.91. The normalized spacial score (nSPS) is 37.0. The van der Waals surface area contributed by atoms with Crippen molar-refractivity contribution < 1.29 is 32.2 Å². The SMILES string of the molecule is CC(=O)O[C@H]1[C@H](C)O[C@@H](Br)C(C)(Br)[C@H]1NC(=O)C(F)(F)F. The Morgan fingerprint density at radius 3 is 2.33 bits per heavy atom. The molecule has 0 aliphatic carbocycles. The number of hydrogen-bond acceptors (Lipinski definition) is 4. The van der Waals surface area contributed by atoms with Gasteiger partial charge in [-0.25, -0.2) is 0 Å². The molecule has 122 valence electrons. The topological polar surface area (TPSA) is 64.6 Å². The van der Waals surface area contributed by atoms with Crippen molar-refractivity contribution in [1.82, 2.24) is 5.32 Å². The Morgan fingerprint density at radius 1 is 1.38 bits per heavy atom. The van der Waals surface area contributed by atoms with Gasteiger partial charge in [0.2, 0.25) is 0 Å². The van der Waals surface area contributed by atoms with E-state index in [1.165, 1.54) is 13.8 Å². The van der Waals surface area contributed by atoms with Crippen LogP contribution in [0.15, 0.2) is 0 Å². The fraction of sp³-hybridized carbons (Fsp3) is 0.818. The summed E-state index contributed by atoms with van der Waals surface area (Å²) in [4.78, 5) is 22.4. The van der Waals surface area contributed by atoms with Crippen molar-refractivity contribution in [1.29, 1.82) is 0 Å². The number of carbonyl (C=O) groups is 2. The molecule has 1 rings (SSSR count). The number of halogens is 5. The number of carbonyl (C=O) groups excluding carboxylic acids is 2. The Morgan fingerprint density at radius 2 is 1.90 bits per heavy atom. The van der Waals surface area contributed by atoms with Crippen LogP contribution in [-0.4, -0.2) is 45.6 Å². The molecule has 1 saturated heterocycles. The first-order chi connectivity index (χ1) is 9.37. The van der Waals surface area contributed by atoms with E-state index in [2.05, 4.69) is 31.9 Å². The molecule has 1 aliphatic rings. The van der Waals surface area contributed by atoms with Crippen LogP contribution < -0.4 is 5.32 Å². The van der Waals surface area contributed by atoms with Crippen molar-refractivity contribution in [3.05, 3.63) is 0 Å². The van der Waals surface area contributed by atoms with Gasteiger partial charge >= 0.3 is 18.1 Å². The van der Waals surface area contributed by atoms with Crippen LogP contribution in [0.2, 0.25) is 0 Å². The Labute approximate surface area is 136 Å². The molecule has 0 aromatic rings. The third kappa shape index (κ3) is 4.32. The van der Waals surface area contributed by atoms with Gasteiger partial charge in [0.1, 0.15) is 11.1 Å². The van der Waals surface area contributed by atoms with E-state index < -0.39 is 45.6 Å². The van der Waals surface area contributed by atoms with Gasteiger partial charge in [0.25, 0.3) is 0 Å². The molecule has 0 saturated carbocycles. The van der Waals surface area contributed by atoms with Crippen LogP contribution in [0.1, 0.15) is 20.8 Å². The van der Waals surface area contributed by atoms with Crippen LogP contribution in [0.25, 0.3) is 0 Å². The minimum Gasteiger partial charge on any atom is -0.458 e. The molecule has 0 aromatic carbocycles. The minimum atomic E-state index is -5.03. The second kappa shape index (κ2) is 6.41. The molecule has 1 amide bonds. The number of rotatable bonds is 2. The molecule has 0 spiro atoms. The first kappa shape index (κ1) is 18.7. The maximum atomic E-state index is 12.5. The van der Waals surface area contributed by atoms with Crippen LogP contribution in [0.4, 0.5) is 13.2 Å². The van der Waals surface area contributed by atoms with Crippen molar-refractivity contribution in [2.75, 3.05) is 0 Å². The molecule has 1 unspecified atom stereocenters. The van der Waals surface area contributed by atoms with Crippen molar-refractivity contribution in [3.8, 4) is 0 Å². The number of ether oxygens (including phenoxy) is 2. The minimum absolute atomic E-state index is 0.682. The number of nitrogens with one attached hydrogen (secondary N) is 1. The molecule has 5 nitrogen and oxygen atoms in total. The smallest absolute Gasteiger partial charge is 0.458 e. The highest BCUT2D eigenvalue weighted by molar-refractivity contribution is 9.12. The molecule has 5 atom stereocenters. The average molecular weight is 441 g/mol. The third-order valence-corrected chi connectivity index (χ3v) is 5.71. The zero-order valence-corrected chi connectivity index (χ0v) is 14.5. The van der Waals surface area contributed by atoms with Gasteiger partial charge in [0, 0.05) is 6.92 Å². The highest BCUT2D eigenvalue weighted by atomic mass is 79.9. The second-order valence-electron chi connectivity index (χ2n) is 4.83. The summed E-state index contributed by atoms with van der Waals surface area (Å²) >= 11 is 6.41. The molecule has 0 aromatic heterocycles. The summed E-state index contributed by atoms with van der Waals surface area (Å²) in [5, 5.41) is 1.18. The Hall–Kier alpha value is -0.350. The lowest BCUT2D eigenvalue weighted by Crippen LogP contribution is -2.67. The fourth-order valence-corrected chi connectivity index (χ4v) is 3.04. The molecule has 1 aliphatic heterocycles. The van der Waals surface area contributed by atoms with E-state index in [1.54, 1.807) is 0 Å². The molecular formula is C11H14Br2F3NO4. The first-order valence-corrected chi connectivity index (χ1v) is 7.61. The highest BCUT2D eigenvalue weighted by Crippen LogP contribution is 2.41. The largest absolute Gasteiger partial charge is 0.471 e. The van der Waals surface area contributed by atoms with Gasteiger partial charge in [-0.1, -0.05) is 31.9 Å². The number of esters is 1. The van der Waals surface area contributed by atoms with Gasteiger partial charge in [-0.15, -0.1) is 0 Å². The fourth-order valence-electron chi connectivity index (χ4n) is 1.93. The van der Waals surface area contributed by atoms with Gasteiger partial charge < -0.3 is 14.8 Å². The van der Waals surface area contributed by atoms with E-state index in [1.807, 2.05) is 5.32 Å². The van der Waals surface area contributed by atoms with Gasteiger partial charge in [-0.3, -0.25) is 9.59 Å². The van der Waals surface area contributed by atoms with E-state index in [4.69, 9.17) is 9.47 Å². The van der Waals surface area contributed by atoms with Crippen LogP contribution >= 0.6 is 31.9 Å². The standard InChI is InChI=1S/C11H14Br2F3NO4/c1-4-6(21-5(2)18)7(10(3,13)8(12)20-4)17-9(19)11(14,15)16/h4,6-8H,1-3H3,(H,17,19)/t4-,6-,7-,8+,10?/m0/s1. The quantitative estimate of drug-likeness (QED) is 0.528. The summed E-state index contributed by atoms with van der Waals surface area (Å²) in [5.41, 5.74) is 0. The van der Waals surface area contributed by atoms with Crippen LogP contribution in [0.5, 0.6) is 0 Å². The van der Waals surface area contributed by atoms with Crippen molar-refractivity contribution >= 4 is 43.7 Å². The molecule has 10 heteroatoms. The summed E-state index contributed by atoms with van der Waals surface area (Å²) in [5.74, 6) is -2.79. The maximum Gasteiger partial charge on any atom is 0.471 e. The lowest BCUT2D eigenvalue weighted by molar-refractivity contribution is -0.183. The predicted octanol–water partition coefficient (Wildman–Crippen LogP) is 2.26. The molecule has 1 N–H and O–H groups in total. The number of hydrogen-bond donors (Lipinski definition) is 1. The molecule has 21 heavy (non-hydrogen) atoms. The van der Waals surface area contributed by atoms with Gasteiger partial charge in [0.15, 0.2) is 0 Å². The molecule has 1 heterocycles. The Balaban J connectivity index is 3.08. The molecule has 0 bridgehead atoms. The van der Waals surface area contributed by atoms with Crippen molar-refractivity contribution in [2.45, 2.75) is 54.5 Å². The zero-order chi connectivity index (χ0) is 16.6. The predicted molar refractivity (Wildman–Crippen MR) is 74.1 cm³/mol. The van der Waals surface area contributed by atoms with E-state index in [0.29, 0.717) is 0 Å². The van der Waals surface area contributed by atoms with Gasteiger partial charge in [-0.2, -0.15) is 13.2 Å². The highest BCUT2D eigenvalue weighted by Gasteiger charge is 2.54. The number of amides is 1.